The van der Waals surface area contributed by atoms with Gasteiger partial charge in [0, 0.05) is 6.04 Å². The monoisotopic (exact) mass is 255 g/mol. The molecule has 19 heavy (non-hydrogen) atoms. The molecule has 0 bridgehead atoms. The van der Waals surface area contributed by atoms with Crippen molar-refractivity contribution in [3.05, 3.63) is 65.7 Å². The minimum Gasteiger partial charge on any atom is -0.496 e. The van der Waals surface area contributed by atoms with Gasteiger partial charge >= 0.3 is 0 Å². The fraction of sp³-hybridized carbons (Fsp3) is 0.294. The van der Waals surface area contributed by atoms with Gasteiger partial charge in [0.05, 0.1) is 7.11 Å². The van der Waals surface area contributed by atoms with Crippen molar-refractivity contribution in [1.82, 2.24) is 0 Å². The zero-order chi connectivity index (χ0) is 13.7. The second kappa shape index (κ2) is 6.39. The van der Waals surface area contributed by atoms with E-state index >= 15 is 0 Å². The Morgan fingerprint density at radius 1 is 1.00 bits per heavy atom. The van der Waals surface area contributed by atoms with Crippen LogP contribution in [0.2, 0.25) is 0 Å². The summed E-state index contributed by atoms with van der Waals surface area (Å²) in [7, 11) is 1.71. The van der Waals surface area contributed by atoms with Gasteiger partial charge in [-0.1, -0.05) is 55.5 Å². The van der Waals surface area contributed by atoms with Crippen molar-refractivity contribution < 1.29 is 4.74 Å². The standard InChI is InChI=1S/C17H21NO/c1-13(17(18)14-8-4-3-5-9-14)12-15-10-6-7-11-16(15)19-2/h3-11,13,17H,12,18H2,1-2H3. The minimum absolute atomic E-state index is 0.0473. The summed E-state index contributed by atoms with van der Waals surface area (Å²) >= 11 is 0. The Bertz CT molecular complexity index is 510. The number of para-hydroxylation sites is 1. The molecule has 2 nitrogen and oxygen atoms in total. The molecule has 2 N–H and O–H groups in total. The van der Waals surface area contributed by atoms with Crippen LogP contribution in [0.15, 0.2) is 54.6 Å². The van der Waals surface area contributed by atoms with Crippen LogP contribution in [0.1, 0.15) is 24.1 Å². The van der Waals surface area contributed by atoms with E-state index in [1.165, 1.54) is 11.1 Å². The molecule has 0 spiro atoms. The van der Waals surface area contributed by atoms with Gasteiger partial charge in [-0.2, -0.15) is 0 Å². The van der Waals surface area contributed by atoms with Crippen molar-refractivity contribution in [2.45, 2.75) is 19.4 Å². The molecule has 0 amide bonds. The second-order valence-corrected chi connectivity index (χ2v) is 4.93. The van der Waals surface area contributed by atoms with Gasteiger partial charge in [-0.15, -0.1) is 0 Å². The molecular weight excluding hydrogens is 234 g/mol. The molecule has 0 aliphatic carbocycles. The average Bonchev–Trinajstić information content (AvgIpc) is 2.48. The van der Waals surface area contributed by atoms with Crippen LogP contribution in [-0.4, -0.2) is 7.11 Å². The summed E-state index contributed by atoms with van der Waals surface area (Å²) in [6.07, 6.45) is 0.917. The number of benzene rings is 2. The topological polar surface area (TPSA) is 35.2 Å². The maximum atomic E-state index is 6.34. The van der Waals surface area contributed by atoms with Crippen molar-refractivity contribution in [2.24, 2.45) is 11.7 Å². The third-order valence-corrected chi connectivity index (χ3v) is 3.53. The summed E-state index contributed by atoms with van der Waals surface area (Å²) in [5, 5.41) is 0. The van der Waals surface area contributed by atoms with E-state index in [0.29, 0.717) is 5.92 Å². The molecule has 2 heteroatoms. The van der Waals surface area contributed by atoms with Gasteiger partial charge < -0.3 is 10.5 Å². The van der Waals surface area contributed by atoms with Gasteiger partial charge in [0.15, 0.2) is 0 Å². The van der Waals surface area contributed by atoms with Gasteiger partial charge in [0.25, 0.3) is 0 Å². The van der Waals surface area contributed by atoms with Crippen molar-refractivity contribution in [3.63, 3.8) is 0 Å². The molecule has 2 aromatic rings. The Labute approximate surface area is 115 Å². The number of rotatable bonds is 5. The fourth-order valence-corrected chi connectivity index (χ4v) is 2.35. The van der Waals surface area contributed by atoms with Crippen LogP contribution < -0.4 is 10.5 Å². The fourth-order valence-electron chi connectivity index (χ4n) is 2.35. The highest BCUT2D eigenvalue weighted by Crippen LogP contribution is 2.26. The first kappa shape index (κ1) is 13.6. The van der Waals surface area contributed by atoms with Crippen LogP contribution in [0.25, 0.3) is 0 Å². The zero-order valence-corrected chi connectivity index (χ0v) is 11.5. The molecule has 2 unspecified atom stereocenters. The van der Waals surface area contributed by atoms with Crippen LogP contribution in [-0.2, 0) is 6.42 Å². The summed E-state index contributed by atoms with van der Waals surface area (Å²) < 4.78 is 5.39. The van der Waals surface area contributed by atoms with E-state index in [1.807, 2.05) is 36.4 Å². The maximum Gasteiger partial charge on any atom is 0.122 e. The quantitative estimate of drug-likeness (QED) is 0.886. The van der Waals surface area contributed by atoms with E-state index in [-0.39, 0.29) is 6.04 Å². The first-order valence-electron chi connectivity index (χ1n) is 6.64. The van der Waals surface area contributed by atoms with Crippen molar-refractivity contribution in [2.75, 3.05) is 7.11 Å². The molecule has 0 aliphatic heterocycles. The van der Waals surface area contributed by atoms with E-state index in [1.54, 1.807) is 7.11 Å². The van der Waals surface area contributed by atoms with E-state index in [2.05, 4.69) is 25.1 Å². The lowest BCUT2D eigenvalue weighted by Crippen LogP contribution is -2.21. The lowest BCUT2D eigenvalue weighted by molar-refractivity contribution is 0.399. The molecule has 0 saturated heterocycles. The Hall–Kier alpha value is -1.80. The normalized spacial score (nSPS) is 13.8. The van der Waals surface area contributed by atoms with Gasteiger partial charge in [-0.05, 0) is 29.5 Å². The zero-order valence-electron chi connectivity index (χ0n) is 11.5. The van der Waals surface area contributed by atoms with Gasteiger partial charge in [-0.3, -0.25) is 0 Å². The van der Waals surface area contributed by atoms with E-state index in [4.69, 9.17) is 10.5 Å². The summed E-state index contributed by atoms with van der Waals surface area (Å²) in [5.41, 5.74) is 8.73. The Morgan fingerprint density at radius 3 is 2.32 bits per heavy atom. The minimum atomic E-state index is 0.0473. The lowest BCUT2D eigenvalue weighted by atomic mass is 9.89. The van der Waals surface area contributed by atoms with Crippen LogP contribution in [0.3, 0.4) is 0 Å². The highest BCUT2D eigenvalue weighted by Gasteiger charge is 2.16. The molecule has 0 saturated carbocycles. The third kappa shape index (κ3) is 3.36. The summed E-state index contributed by atoms with van der Waals surface area (Å²) in [5.74, 6) is 1.30. The van der Waals surface area contributed by atoms with Crippen molar-refractivity contribution in [3.8, 4) is 5.75 Å². The molecule has 0 heterocycles. The number of nitrogens with two attached hydrogens (primary N) is 1. The molecule has 2 atom stereocenters. The van der Waals surface area contributed by atoms with Crippen molar-refractivity contribution >= 4 is 0 Å². The van der Waals surface area contributed by atoms with Crippen LogP contribution in [0, 0.1) is 5.92 Å². The third-order valence-electron chi connectivity index (χ3n) is 3.53. The number of hydrogen-bond donors (Lipinski definition) is 1. The summed E-state index contributed by atoms with van der Waals surface area (Å²) in [4.78, 5) is 0. The number of hydrogen-bond acceptors (Lipinski definition) is 2. The van der Waals surface area contributed by atoms with Crippen LogP contribution in [0.5, 0.6) is 5.75 Å². The van der Waals surface area contributed by atoms with Gasteiger partial charge in [-0.25, -0.2) is 0 Å². The highest BCUT2D eigenvalue weighted by atomic mass is 16.5. The molecular formula is C17H21NO. The Balaban J connectivity index is 2.10. The molecule has 2 rings (SSSR count). The van der Waals surface area contributed by atoms with Crippen molar-refractivity contribution in [1.29, 1.82) is 0 Å². The summed E-state index contributed by atoms with van der Waals surface area (Å²) in [6.45, 7) is 2.18. The summed E-state index contributed by atoms with van der Waals surface area (Å²) in [6, 6.07) is 18.4. The number of methoxy groups -OCH3 is 1. The predicted octanol–water partition coefficient (Wildman–Crippen LogP) is 3.57. The van der Waals surface area contributed by atoms with E-state index in [0.717, 1.165) is 12.2 Å². The Kier molecular flexibility index (Phi) is 4.58. The highest BCUT2D eigenvalue weighted by molar-refractivity contribution is 5.34. The second-order valence-electron chi connectivity index (χ2n) is 4.93. The molecule has 0 aliphatic rings. The lowest BCUT2D eigenvalue weighted by Gasteiger charge is -2.21. The molecule has 2 aromatic carbocycles. The van der Waals surface area contributed by atoms with Crippen LogP contribution >= 0.6 is 0 Å². The Morgan fingerprint density at radius 2 is 1.63 bits per heavy atom. The molecule has 0 radical (unpaired) electrons. The van der Waals surface area contributed by atoms with Gasteiger partial charge in [0.2, 0.25) is 0 Å². The maximum absolute atomic E-state index is 6.34. The molecule has 100 valence electrons. The largest absolute Gasteiger partial charge is 0.496 e. The first-order chi connectivity index (χ1) is 9.22. The predicted molar refractivity (Wildman–Crippen MR) is 79.2 cm³/mol. The number of ether oxygens (including phenoxy) is 1. The smallest absolute Gasteiger partial charge is 0.122 e. The first-order valence-corrected chi connectivity index (χ1v) is 6.64. The average molecular weight is 255 g/mol. The van der Waals surface area contributed by atoms with Gasteiger partial charge in [0.1, 0.15) is 5.75 Å². The SMILES string of the molecule is COc1ccccc1CC(C)C(N)c1ccccc1. The molecule has 0 aromatic heterocycles. The van der Waals surface area contributed by atoms with Crippen LogP contribution in [0.4, 0.5) is 0 Å². The van der Waals surface area contributed by atoms with E-state index in [9.17, 15) is 0 Å². The molecule has 0 fully saturated rings. The van der Waals surface area contributed by atoms with E-state index < -0.39 is 0 Å².